The van der Waals surface area contributed by atoms with Crippen LogP contribution in [-0.4, -0.2) is 72.3 Å². The summed E-state index contributed by atoms with van der Waals surface area (Å²) >= 11 is 1.81. The topological polar surface area (TPSA) is 35.5 Å². The molecule has 162 valence electrons. The highest BCUT2D eigenvalue weighted by atomic mass is 32.2. The molecule has 2 aliphatic rings. The maximum Gasteiger partial charge on any atom is 0.187 e. The Balaban J connectivity index is 1.31. The first kappa shape index (κ1) is 21.6. The molecule has 0 spiro atoms. The number of hydrogen-bond donors (Lipinski definition) is 0. The van der Waals surface area contributed by atoms with Crippen LogP contribution < -0.4 is 4.90 Å². The zero-order chi connectivity index (χ0) is 20.8. The van der Waals surface area contributed by atoms with Crippen LogP contribution in [0.15, 0.2) is 41.7 Å². The zero-order valence-corrected chi connectivity index (χ0v) is 19.3. The first-order chi connectivity index (χ1) is 14.7. The van der Waals surface area contributed by atoms with Gasteiger partial charge in [0, 0.05) is 63.0 Å². The Kier molecular flexibility index (Phi) is 7.63. The highest BCUT2D eigenvalue weighted by molar-refractivity contribution is 7.99. The average molecular weight is 426 g/mol. The number of benzene rings is 1. The summed E-state index contributed by atoms with van der Waals surface area (Å²) in [5.41, 5.74) is 3.87. The molecule has 2 saturated heterocycles. The summed E-state index contributed by atoms with van der Waals surface area (Å²) in [6, 6.07) is 11.1. The number of aromatic nitrogens is 2. The molecule has 1 aromatic carbocycles. The van der Waals surface area contributed by atoms with E-state index in [2.05, 4.69) is 64.1 Å². The lowest BCUT2D eigenvalue weighted by atomic mass is 9.94. The highest BCUT2D eigenvalue weighted by Gasteiger charge is 2.23. The Labute approximate surface area is 185 Å². The Morgan fingerprint density at radius 3 is 2.53 bits per heavy atom. The average Bonchev–Trinajstić information content (AvgIpc) is 3.28. The van der Waals surface area contributed by atoms with Crippen LogP contribution in [0.3, 0.4) is 0 Å². The van der Waals surface area contributed by atoms with Gasteiger partial charge >= 0.3 is 0 Å². The molecule has 0 aliphatic carbocycles. The van der Waals surface area contributed by atoms with Gasteiger partial charge in [0.15, 0.2) is 5.16 Å². The second-order valence-electron chi connectivity index (χ2n) is 8.80. The van der Waals surface area contributed by atoms with Gasteiger partial charge in [-0.1, -0.05) is 23.9 Å². The Bertz CT molecular complexity index is 788. The van der Waals surface area contributed by atoms with E-state index in [9.17, 15) is 0 Å². The first-order valence-corrected chi connectivity index (χ1v) is 12.3. The molecule has 1 aromatic heterocycles. The molecule has 2 aromatic rings. The number of piperidine rings is 1. The van der Waals surface area contributed by atoms with Crippen molar-refractivity contribution >= 4 is 17.4 Å². The minimum atomic E-state index is 0.515. The minimum absolute atomic E-state index is 0.515. The number of thioether (sulfide) groups is 1. The number of nitrogens with zero attached hydrogens (tertiary/aromatic N) is 5. The fourth-order valence-corrected chi connectivity index (χ4v) is 5.36. The van der Waals surface area contributed by atoms with E-state index < -0.39 is 0 Å². The molecule has 0 N–H and O–H groups in total. The lowest BCUT2D eigenvalue weighted by Gasteiger charge is -2.32. The molecule has 0 saturated carbocycles. The zero-order valence-electron chi connectivity index (χ0n) is 18.5. The predicted molar refractivity (Wildman–Crippen MR) is 126 cm³/mol. The van der Waals surface area contributed by atoms with Crippen molar-refractivity contribution in [2.75, 3.05) is 57.5 Å². The Morgan fingerprint density at radius 1 is 1.00 bits per heavy atom. The maximum absolute atomic E-state index is 4.93. The van der Waals surface area contributed by atoms with Crippen LogP contribution in [0.5, 0.6) is 0 Å². The van der Waals surface area contributed by atoms with Gasteiger partial charge in [0.1, 0.15) is 0 Å². The van der Waals surface area contributed by atoms with Crippen molar-refractivity contribution in [2.45, 2.75) is 43.3 Å². The monoisotopic (exact) mass is 425 g/mol. The standard InChI is InChI=1S/C24H35N5S/c1-27(2)22-9-7-20(8-10-22)18-29-15-5-6-21(19-29)23-11-12-25-24(26-23)30-17-16-28-13-3-4-14-28/h7-12,21H,3-6,13-19H2,1-2H3/t21-/m1/s1. The van der Waals surface area contributed by atoms with Crippen LogP contribution in [0.4, 0.5) is 5.69 Å². The van der Waals surface area contributed by atoms with Crippen molar-refractivity contribution in [3.63, 3.8) is 0 Å². The second kappa shape index (κ2) is 10.6. The molecule has 0 amide bonds. The van der Waals surface area contributed by atoms with E-state index in [0.29, 0.717) is 5.92 Å². The Morgan fingerprint density at radius 2 is 1.77 bits per heavy atom. The fourth-order valence-electron chi connectivity index (χ4n) is 4.52. The van der Waals surface area contributed by atoms with Gasteiger partial charge in [-0.3, -0.25) is 4.90 Å². The molecule has 2 aliphatic heterocycles. The normalized spacial score (nSPS) is 20.5. The van der Waals surface area contributed by atoms with Crippen LogP contribution in [0, 0.1) is 0 Å². The molecule has 1 atom stereocenters. The number of anilines is 1. The van der Waals surface area contributed by atoms with E-state index in [0.717, 1.165) is 30.5 Å². The van der Waals surface area contributed by atoms with Crippen molar-refractivity contribution in [3.8, 4) is 0 Å². The molecule has 0 unspecified atom stereocenters. The number of hydrogen-bond acceptors (Lipinski definition) is 6. The van der Waals surface area contributed by atoms with Crippen LogP contribution in [0.1, 0.15) is 42.9 Å². The molecule has 3 heterocycles. The van der Waals surface area contributed by atoms with Crippen LogP contribution in [0.25, 0.3) is 0 Å². The van der Waals surface area contributed by atoms with Gasteiger partial charge in [-0.15, -0.1) is 0 Å². The number of likely N-dealkylation sites (tertiary alicyclic amines) is 2. The third-order valence-corrected chi connectivity index (χ3v) is 7.12. The van der Waals surface area contributed by atoms with E-state index in [1.54, 1.807) is 0 Å². The van der Waals surface area contributed by atoms with Gasteiger partial charge in [0.25, 0.3) is 0 Å². The summed E-state index contributed by atoms with van der Waals surface area (Å²) in [5.74, 6) is 1.60. The molecule has 0 radical (unpaired) electrons. The minimum Gasteiger partial charge on any atom is -0.378 e. The molecule has 30 heavy (non-hydrogen) atoms. The quantitative estimate of drug-likeness (QED) is 0.468. The smallest absolute Gasteiger partial charge is 0.187 e. The lowest BCUT2D eigenvalue weighted by Crippen LogP contribution is -2.34. The molecule has 2 fully saturated rings. The summed E-state index contributed by atoms with van der Waals surface area (Å²) in [5, 5.41) is 0.947. The van der Waals surface area contributed by atoms with Crippen molar-refractivity contribution in [1.29, 1.82) is 0 Å². The van der Waals surface area contributed by atoms with Crippen LogP contribution >= 0.6 is 11.8 Å². The van der Waals surface area contributed by atoms with Crippen molar-refractivity contribution in [2.24, 2.45) is 0 Å². The van der Waals surface area contributed by atoms with E-state index in [-0.39, 0.29) is 0 Å². The van der Waals surface area contributed by atoms with Crippen molar-refractivity contribution in [3.05, 3.63) is 47.8 Å². The van der Waals surface area contributed by atoms with E-state index in [1.165, 1.54) is 62.3 Å². The Hall–Kier alpha value is -1.63. The molecule has 0 bridgehead atoms. The van der Waals surface area contributed by atoms with Gasteiger partial charge < -0.3 is 9.80 Å². The van der Waals surface area contributed by atoms with Gasteiger partial charge in [0.2, 0.25) is 0 Å². The van der Waals surface area contributed by atoms with Gasteiger partial charge in [-0.25, -0.2) is 9.97 Å². The largest absolute Gasteiger partial charge is 0.378 e. The van der Waals surface area contributed by atoms with E-state index >= 15 is 0 Å². The summed E-state index contributed by atoms with van der Waals surface area (Å²) < 4.78 is 0. The second-order valence-corrected chi connectivity index (χ2v) is 9.86. The van der Waals surface area contributed by atoms with Crippen LogP contribution in [-0.2, 0) is 6.54 Å². The highest BCUT2D eigenvalue weighted by Crippen LogP contribution is 2.28. The van der Waals surface area contributed by atoms with Gasteiger partial charge in [0.05, 0.1) is 0 Å². The first-order valence-electron chi connectivity index (χ1n) is 11.3. The maximum atomic E-state index is 4.93. The third-order valence-electron chi connectivity index (χ3n) is 6.28. The molecule has 4 rings (SSSR count). The number of rotatable bonds is 8. The van der Waals surface area contributed by atoms with E-state index in [1.807, 2.05) is 18.0 Å². The summed E-state index contributed by atoms with van der Waals surface area (Å²) in [6.07, 6.45) is 7.13. The van der Waals surface area contributed by atoms with Crippen molar-refractivity contribution < 1.29 is 0 Å². The fraction of sp³-hybridized carbons (Fsp3) is 0.583. The summed E-state index contributed by atoms with van der Waals surface area (Å²) in [4.78, 5) is 16.7. The molecule has 6 heteroatoms. The molecule has 5 nitrogen and oxygen atoms in total. The predicted octanol–water partition coefficient (Wildman–Crippen LogP) is 4.11. The van der Waals surface area contributed by atoms with Gasteiger partial charge in [-0.05, 0) is 69.1 Å². The molecular formula is C24H35N5S. The van der Waals surface area contributed by atoms with Gasteiger partial charge in [-0.2, -0.15) is 0 Å². The summed E-state index contributed by atoms with van der Waals surface area (Å²) in [7, 11) is 4.18. The van der Waals surface area contributed by atoms with E-state index in [4.69, 9.17) is 4.98 Å². The molecular weight excluding hydrogens is 390 g/mol. The lowest BCUT2D eigenvalue weighted by molar-refractivity contribution is 0.198. The van der Waals surface area contributed by atoms with Crippen LogP contribution in [0.2, 0.25) is 0 Å². The summed E-state index contributed by atoms with van der Waals surface area (Å²) in [6.45, 7) is 6.96. The third kappa shape index (κ3) is 5.96. The van der Waals surface area contributed by atoms with Crippen molar-refractivity contribution in [1.82, 2.24) is 19.8 Å². The SMILES string of the molecule is CN(C)c1ccc(CN2CCC[C@@H](c3ccnc(SCCN4CCCC4)n3)C2)cc1.